The highest BCUT2D eigenvalue weighted by atomic mass is 35.5. The summed E-state index contributed by atoms with van der Waals surface area (Å²) in [5.74, 6) is 0.0137. The lowest BCUT2D eigenvalue weighted by Gasteiger charge is -2.10. The van der Waals surface area contributed by atoms with Gasteiger partial charge in [0.1, 0.15) is 17.1 Å². The number of aryl methyl sites for hydroxylation is 2. The number of anilines is 1. The van der Waals surface area contributed by atoms with E-state index in [1.165, 1.54) is 18.2 Å². The van der Waals surface area contributed by atoms with Crippen LogP contribution in [0.2, 0.25) is 5.02 Å². The fraction of sp³-hybridized carbons (Fsp3) is 0.0833. The van der Waals surface area contributed by atoms with Gasteiger partial charge in [-0.3, -0.25) is 0 Å². The molecule has 0 unspecified atom stereocenters. The normalized spacial score (nSPS) is 12.0. The van der Waals surface area contributed by atoms with Crippen molar-refractivity contribution in [3.63, 3.8) is 0 Å². The van der Waals surface area contributed by atoms with Crippen molar-refractivity contribution in [3.8, 4) is 5.75 Å². The van der Waals surface area contributed by atoms with Crippen molar-refractivity contribution in [2.45, 2.75) is 23.6 Å². The van der Waals surface area contributed by atoms with E-state index in [1.807, 2.05) is 19.9 Å². The Morgan fingerprint density at radius 3 is 2.31 bits per heavy atom. The van der Waals surface area contributed by atoms with Gasteiger partial charge in [-0.1, -0.05) is 41.4 Å². The molecule has 0 heterocycles. The van der Waals surface area contributed by atoms with Crippen molar-refractivity contribution in [3.05, 3.63) is 82.9 Å². The van der Waals surface area contributed by atoms with E-state index < -0.39 is 9.84 Å². The third-order valence-electron chi connectivity index (χ3n) is 5.04. The highest BCUT2D eigenvalue weighted by Gasteiger charge is 2.22. The number of hydrogen-bond acceptors (Lipinski definition) is 6. The second kappa shape index (κ2) is 8.26. The molecule has 4 rings (SSSR count). The maximum Gasteiger partial charge on any atom is 0.208 e. The van der Waals surface area contributed by atoms with Crippen LogP contribution in [-0.2, 0) is 9.84 Å². The summed E-state index contributed by atoms with van der Waals surface area (Å²) >= 11 is 6.12. The molecule has 0 spiro atoms. The topological polar surface area (TPSA) is 105 Å². The van der Waals surface area contributed by atoms with Crippen molar-refractivity contribution >= 4 is 49.3 Å². The van der Waals surface area contributed by atoms with Crippen LogP contribution < -0.4 is 5.73 Å². The summed E-state index contributed by atoms with van der Waals surface area (Å²) < 4.78 is 26.5. The third-order valence-corrected chi connectivity index (χ3v) is 7.10. The Labute approximate surface area is 190 Å². The van der Waals surface area contributed by atoms with E-state index in [4.69, 9.17) is 17.3 Å². The molecule has 32 heavy (non-hydrogen) atoms. The largest absolute Gasteiger partial charge is 0.507 e. The average molecular weight is 466 g/mol. The van der Waals surface area contributed by atoms with Gasteiger partial charge in [0.2, 0.25) is 9.84 Å². The summed E-state index contributed by atoms with van der Waals surface area (Å²) in [5, 5.41) is 20.4. The van der Waals surface area contributed by atoms with Gasteiger partial charge in [0.25, 0.3) is 0 Å². The molecule has 0 aliphatic rings. The number of nitrogens with zero attached hydrogens (tertiary/aromatic N) is 2. The first-order valence-corrected chi connectivity index (χ1v) is 11.6. The Morgan fingerprint density at radius 1 is 0.875 bits per heavy atom. The van der Waals surface area contributed by atoms with Gasteiger partial charge in [-0.25, -0.2) is 8.42 Å². The van der Waals surface area contributed by atoms with Crippen LogP contribution in [0.4, 0.5) is 17.1 Å². The lowest BCUT2D eigenvalue weighted by Crippen LogP contribution is -2.02. The smallest absolute Gasteiger partial charge is 0.208 e. The van der Waals surface area contributed by atoms with Crippen LogP contribution in [0, 0.1) is 13.8 Å². The van der Waals surface area contributed by atoms with Crippen LogP contribution in [0.3, 0.4) is 0 Å². The molecule has 8 heteroatoms. The lowest BCUT2D eigenvalue weighted by atomic mass is 10.0. The molecule has 4 aromatic rings. The highest BCUT2D eigenvalue weighted by molar-refractivity contribution is 7.91. The molecule has 0 bridgehead atoms. The molecule has 0 fully saturated rings. The first kappa shape index (κ1) is 21.8. The van der Waals surface area contributed by atoms with Gasteiger partial charge < -0.3 is 10.8 Å². The van der Waals surface area contributed by atoms with Gasteiger partial charge in [0, 0.05) is 5.02 Å². The number of fused-ring (bicyclic) bond motifs is 1. The number of aromatic hydroxyl groups is 1. The fourth-order valence-electron chi connectivity index (χ4n) is 3.44. The molecule has 0 aromatic heterocycles. The fourth-order valence-corrected chi connectivity index (χ4v) is 4.98. The zero-order chi connectivity index (χ0) is 23.0. The zero-order valence-electron chi connectivity index (χ0n) is 17.4. The predicted octanol–water partition coefficient (Wildman–Crippen LogP) is 6.65. The van der Waals surface area contributed by atoms with E-state index in [2.05, 4.69) is 10.2 Å². The van der Waals surface area contributed by atoms with Crippen LogP contribution in [0.1, 0.15) is 11.1 Å². The van der Waals surface area contributed by atoms with E-state index in [-0.39, 0.29) is 26.9 Å². The van der Waals surface area contributed by atoms with Gasteiger partial charge in [0.15, 0.2) is 0 Å². The minimum absolute atomic E-state index is 0.0137. The van der Waals surface area contributed by atoms with Crippen LogP contribution >= 0.6 is 11.6 Å². The van der Waals surface area contributed by atoms with Crippen LogP contribution in [0.25, 0.3) is 10.8 Å². The first-order chi connectivity index (χ1) is 15.2. The number of rotatable bonds is 4. The lowest BCUT2D eigenvalue weighted by molar-refractivity contribution is 0.481. The second-order valence-electron chi connectivity index (χ2n) is 7.51. The summed E-state index contributed by atoms with van der Waals surface area (Å²) in [7, 11) is -3.87. The molecule has 162 valence electrons. The Morgan fingerprint density at radius 2 is 1.59 bits per heavy atom. The Hall–Kier alpha value is -3.42. The van der Waals surface area contributed by atoms with E-state index in [0.717, 1.165) is 16.5 Å². The van der Waals surface area contributed by atoms with Crippen molar-refractivity contribution in [1.82, 2.24) is 0 Å². The molecule has 3 N–H and O–H groups in total. The van der Waals surface area contributed by atoms with Gasteiger partial charge in [0.05, 0.1) is 20.9 Å². The van der Waals surface area contributed by atoms with Gasteiger partial charge in [-0.2, -0.15) is 0 Å². The number of halogens is 1. The number of nitrogens with two attached hydrogens (primary N) is 1. The highest BCUT2D eigenvalue weighted by Crippen LogP contribution is 2.40. The molecule has 4 aromatic carbocycles. The number of hydrogen-bond donors (Lipinski definition) is 2. The van der Waals surface area contributed by atoms with E-state index >= 15 is 0 Å². The summed E-state index contributed by atoms with van der Waals surface area (Å²) in [5.41, 5.74) is 8.55. The Kier molecular flexibility index (Phi) is 5.62. The van der Waals surface area contributed by atoms with Crippen molar-refractivity contribution < 1.29 is 13.5 Å². The van der Waals surface area contributed by atoms with E-state index in [0.29, 0.717) is 16.1 Å². The molecular formula is C24H20ClN3O3S. The molecule has 0 amide bonds. The molecular weight excluding hydrogens is 446 g/mol. The predicted molar refractivity (Wildman–Crippen MR) is 127 cm³/mol. The second-order valence-corrected chi connectivity index (χ2v) is 9.87. The minimum Gasteiger partial charge on any atom is -0.507 e. The Bertz CT molecular complexity index is 1480. The number of phenols is 1. The quantitative estimate of drug-likeness (QED) is 0.260. The summed E-state index contributed by atoms with van der Waals surface area (Å²) in [6.45, 7) is 3.74. The van der Waals surface area contributed by atoms with Gasteiger partial charge in [-0.05, 0) is 67.3 Å². The van der Waals surface area contributed by atoms with Crippen molar-refractivity contribution in [2.75, 3.05) is 5.73 Å². The summed E-state index contributed by atoms with van der Waals surface area (Å²) in [6.07, 6.45) is 0. The minimum atomic E-state index is -3.87. The van der Waals surface area contributed by atoms with Gasteiger partial charge >= 0.3 is 0 Å². The zero-order valence-corrected chi connectivity index (χ0v) is 18.9. The number of benzene rings is 4. The van der Waals surface area contributed by atoms with Gasteiger partial charge in [-0.15, -0.1) is 10.2 Å². The maximum absolute atomic E-state index is 13.3. The maximum atomic E-state index is 13.3. The van der Waals surface area contributed by atoms with Crippen molar-refractivity contribution in [2.24, 2.45) is 10.2 Å². The number of azo groups is 1. The number of nitrogen functional groups attached to an aromatic ring is 1. The van der Waals surface area contributed by atoms with E-state index in [9.17, 15) is 13.5 Å². The van der Waals surface area contributed by atoms with Crippen LogP contribution in [0.15, 0.2) is 86.7 Å². The SMILES string of the molecule is Cc1ccc(S(=O)(=O)c2ccc(Cl)cc2/N=N/c2c(N)ccc3cc(C)cc(O)c23)cc1. The van der Waals surface area contributed by atoms with E-state index in [1.54, 1.807) is 42.5 Å². The van der Waals surface area contributed by atoms with Crippen LogP contribution in [0.5, 0.6) is 5.75 Å². The third kappa shape index (κ3) is 4.04. The monoisotopic (exact) mass is 465 g/mol. The summed E-state index contributed by atoms with van der Waals surface area (Å²) in [6, 6.07) is 17.8. The molecule has 0 aliphatic carbocycles. The first-order valence-electron chi connectivity index (χ1n) is 9.71. The Balaban J connectivity index is 1.88. The standard InChI is InChI=1S/C24H20ClN3O3S/c1-14-3-7-18(8-4-14)32(30,31)22-10-6-17(25)13-20(22)27-28-24-19(26)9-5-16-11-15(2)12-21(29)23(16)24/h3-13,29H,26H2,1-2H3/b28-27+. The summed E-state index contributed by atoms with van der Waals surface area (Å²) in [4.78, 5) is 0.105. The molecule has 6 nitrogen and oxygen atoms in total. The molecule has 0 saturated heterocycles. The van der Waals surface area contributed by atoms with Crippen LogP contribution in [-0.4, -0.2) is 13.5 Å². The molecule has 0 radical (unpaired) electrons. The van der Waals surface area contributed by atoms with Crippen molar-refractivity contribution in [1.29, 1.82) is 0 Å². The average Bonchev–Trinajstić information content (AvgIpc) is 2.73. The number of phenolic OH excluding ortho intramolecular Hbond substituents is 1. The molecule has 0 aliphatic heterocycles. The molecule has 0 saturated carbocycles. The molecule has 0 atom stereocenters. The number of sulfone groups is 1.